The molecule has 242 valence electrons. The standard InChI is InChI=1S/C36H52N8O/c1-8-44(9-2)34(45)36(5,6)29-11-12-32-31(24-29)30(33(41-32)28-22-26(3)21-27(4)23-28)13-15-39-35(40-25-37)38-14-10-16-43-19-17-42(7)18-20-43/h11-12,21-24,41H,8-10,13-20H2,1-7H3,(H2,38,39,40). The summed E-state index contributed by atoms with van der Waals surface area (Å²) in [5, 5.41) is 16.6. The Hall–Kier alpha value is -3.87. The Morgan fingerprint density at radius 2 is 1.76 bits per heavy atom. The molecule has 1 aliphatic heterocycles. The van der Waals surface area contributed by atoms with E-state index in [1.54, 1.807) is 0 Å². The number of nitriles is 1. The zero-order chi connectivity index (χ0) is 32.6. The first kappa shape index (κ1) is 34.0. The minimum absolute atomic E-state index is 0.135. The fraction of sp³-hybridized carbons (Fsp3) is 0.528. The molecular weight excluding hydrogens is 560 g/mol. The summed E-state index contributed by atoms with van der Waals surface area (Å²) in [6, 6.07) is 13.0. The van der Waals surface area contributed by atoms with Crippen molar-refractivity contribution in [3.8, 4) is 17.5 Å². The Kier molecular flexibility index (Phi) is 11.7. The number of carbonyl (C=O) groups is 1. The largest absolute Gasteiger partial charge is 0.355 e. The summed E-state index contributed by atoms with van der Waals surface area (Å²) >= 11 is 0. The molecule has 4 rings (SSSR count). The molecule has 0 aliphatic carbocycles. The summed E-state index contributed by atoms with van der Waals surface area (Å²) in [6.45, 7) is 20.4. The molecule has 9 nitrogen and oxygen atoms in total. The van der Waals surface area contributed by atoms with Crippen LogP contribution in [0.1, 0.15) is 56.4 Å². The molecule has 2 aromatic carbocycles. The first-order valence-corrected chi connectivity index (χ1v) is 16.4. The molecule has 0 bridgehead atoms. The van der Waals surface area contributed by atoms with Crippen molar-refractivity contribution < 1.29 is 4.79 Å². The number of guanidine groups is 1. The predicted octanol–water partition coefficient (Wildman–Crippen LogP) is 4.79. The van der Waals surface area contributed by atoms with E-state index in [1.807, 2.05) is 38.8 Å². The number of amides is 1. The number of H-pyrrole nitrogens is 1. The lowest BCUT2D eigenvalue weighted by Crippen LogP contribution is -2.44. The van der Waals surface area contributed by atoms with E-state index in [1.165, 1.54) is 16.7 Å². The third-order valence-corrected chi connectivity index (χ3v) is 9.06. The van der Waals surface area contributed by atoms with Gasteiger partial charge in [0.25, 0.3) is 0 Å². The zero-order valence-corrected chi connectivity index (χ0v) is 28.4. The van der Waals surface area contributed by atoms with Gasteiger partial charge in [-0.2, -0.15) is 5.26 Å². The molecule has 1 saturated heterocycles. The van der Waals surface area contributed by atoms with Crippen LogP contribution < -0.4 is 10.6 Å². The minimum atomic E-state index is -0.659. The van der Waals surface area contributed by atoms with Crippen molar-refractivity contribution in [2.75, 3.05) is 66.0 Å². The number of aliphatic imine (C=N–C) groups is 1. The van der Waals surface area contributed by atoms with Gasteiger partial charge < -0.3 is 25.0 Å². The molecule has 0 radical (unpaired) electrons. The maximum Gasteiger partial charge on any atom is 0.232 e. The van der Waals surface area contributed by atoms with Gasteiger partial charge in [-0.05, 0) is 102 Å². The zero-order valence-electron chi connectivity index (χ0n) is 28.4. The van der Waals surface area contributed by atoms with Gasteiger partial charge in [-0.3, -0.25) is 15.1 Å². The summed E-state index contributed by atoms with van der Waals surface area (Å²) in [5.74, 6) is 0.645. The lowest BCUT2D eigenvalue weighted by molar-refractivity contribution is -0.135. The van der Waals surface area contributed by atoms with Crippen LogP contribution >= 0.6 is 0 Å². The molecule has 1 aliphatic rings. The number of nitrogens with zero attached hydrogens (tertiary/aromatic N) is 5. The Bertz CT molecular complexity index is 1500. The van der Waals surface area contributed by atoms with Crippen LogP contribution in [0.4, 0.5) is 0 Å². The van der Waals surface area contributed by atoms with E-state index in [2.05, 4.69) is 87.7 Å². The van der Waals surface area contributed by atoms with Crippen molar-refractivity contribution in [1.82, 2.24) is 30.3 Å². The molecule has 3 N–H and O–H groups in total. The predicted molar refractivity (Wildman–Crippen MR) is 185 cm³/mol. The van der Waals surface area contributed by atoms with Crippen molar-refractivity contribution >= 4 is 22.8 Å². The van der Waals surface area contributed by atoms with Gasteiger partial charge in [-0.15, -0.1) is 0 Å². The molecule has 9 heteroatoms. The van der Waals surface area contributed by atoms with E-state index in [4.69, 9.17) is 0 Å². The second kappa shape index (κ2) is 15.4. The highest BCUT2D eigenvalue weighted by atomic mass is 16.2. The lowest BCUT2D eigenvalue weighted by atomic mass is 9.82. The Labute approximate surface area is 269 Å². The number of nitrogens with one attached hydrogen (secondary N) is 3. The SMILES string of the molecule is CCN(CC)C(=O)C(C)(C)c1ccc2[nH]c(-c3cc(C)cc(C)c3)c(CCNC(=NCCCN3CCN(C)CC3)NC#N)c2c1. The quantitative estimate of drug-likeness (QED) is 0.0894. The van der Waals surface area contributed by atoms with E-state index in [0.29, 0.717) is 38.6 Å². The monoisotopic (exact) mass is 612 g/mol. The summed E-state index contributed by atoms with van der Waals surface area (Å²) in [7, 11) is 2.17. The number of benzene rings is 2. The average molecular weight is 613 g/mol. The van der Waals surface area contributed by atoms with E-state index in [0.717, 1.165) is 66.9 Å². The van der Waals surface area contributed by atoms with Crippen LogP contribution in [0.2, 0.25) is 0 Å². The number of aromatic amines is 1. The number of aromatic nitrogens is 1. The number of rotatable bonds is 12. The Morgan fingerprint density at radius 1 is 1.07 bits per heavy atom. The molecular formula is C36H52N8O. The molecule has 0 spiro atoms. The molecule has 0 unspecified atom stereocenters. The maximum atomic E-state index is 13.5. The molecule has 2 heterocycles. The third-order valence-electron chi connectivity index (χ3n) is 9.06. The van der Waals surface area contributed by atoms with Gasteiger partial charge in [0.05, 0.1) is 5.41 Å². The highest BCUT2D eigenvalue weighted by Crippen LogP contribution is 2.35. The number of likely N-dealkylation sites (N-methyl/N-ethyl adjacent to an activating group) is 2. The summed E-state index contributed by atoms with van der Waals surface area (Å²) in [4.78, 5) is 28.7. The number of piperazine rings is 1. The minimum Gasteiger partial charge on any atom is -0.355 e. The van der Waals surface area contributed by atoms with Gasteiger partial charge in [0.15, 0.2) is 6.19 Å². The molecule has 3 aromatic rings. The van der Waals surface area contributed by atoms with Crippen molar-refractivity contribution in [3.63, 3.8) is 0 Å². The van der Waals surface area contributed by atoms with Crippen LogP contribution in [0.25, 0.3) is 22.2 Å². The van der Waals surface area contributed by atoms with E-state index in [-0.39, 0.29) is 5.91 Å². The molecule has 0 saturated carbocycles. The van der Waals surface area contributed by atoms with Crippen LogP contribution in [-0.4, -0.2) is 97.5 Å². The van der Waals surface area contributed by atoms with Gasteiger partial charge in [0.2, 0.25) is 11.9 Å². The molecule has 1 fully saturated rings. The summed E-state index contributed by atoms with van der Waals surface area (Å²) in [5.41, 5.74) is 7.22. The van der Waals surface area contributed by atoms with Crippen LogP contribution in [0.3, 0.4) is 0 Å². The smallest absolute Gasteiger partial charge is 0.232 e. The normalized spacial score (nSPS) is 14.8. The molecule has 0 atom stereocenters. The molecule has 1 aromatic heterocycles. The number of fused-ring (bicyclic) bond motifs is 1. The number of hydrogen-bond donors (Lipinski definition) is 3. The fourth-order valence-electron chi connectivity index (χ4n) is 6.35. The van der Waals surface area contributed by atoms with Crippen molar-refractivity contribution in [2.24, 2.45) is 4.99 Å². The Morgan fingerprint density at radius 3 is 2.40 bits per heavy atom. The van der Waals surface area contributed by atoms with Gasteiger partial charge >= 0.3 is 0 Å². The molecule has 45 heavy (non-hydrogen) atoms. The van der Waals surface area contributed by atoms with Crippen LogP contribution in [-0.2, 0) is 16.6 Å². The highest BCUT2D eigenvalue weighted by molar-refractivity contribution is 5.94. The van der Waals surface area contributed by atoms with Crippen molar-refractivity contribution in [3.05, 3.63) is 58.7 Å². The van der Waals surface area contributed by atoms with E-state index < -0.39 is 5.41 Å². The second-order valence-corrected chi connectivity index (χ2v) is 12.9. The lowest BCUT2D eigenvalue weighted by Gasteiger charge is -2.32. The number of aryl methyl sites for hydroxylation is 2. The van der Waals surface area contributed by atoms with Crippen molar-refractivity contribution in [1.29, 1.82) is 5.26 Å². The van der Waals surface area contributed by atoms with Gasteiger partial charge in [-0.1, -0.05) is 23.3 Å². The second-order valence-electron chi connectivity index (χ2n) is 12.9. The fourth-order valence-corrected chi connectivity index (χ4v) is 6.35. The highest BCUT2D eigenvalue weighted by Gasteiger charge is 2.33. The van der Waals surface area contributed by atoms with Gasteiger partial charge in [0, 0.05) is 75.5 Å². The maximum absolute atomic E-state index is 13.5. The summed E-state index contributed by atoms with van der Waals surface area (Å²) < 4.78 is 0. The molecule has 1 amide bonds. The first-order chi connectivity index (χ1) is 21.6. The number of hydrogen-bond acceptors (Lipinski definition) is 5. The van der Waals surface area contributed by atoms with Crippen LogP contribution in [0.15, 0.2) is 41.4 Å². The average Bonchev–Trinajstić information content (AvgIpc) is 3.38. The van der Waals surface area contributed by atoms with E-state index in [9.17, 15) is 10.1 Å². The van der Waals surface area contributed by atoms with Crippen LogP contribution in [0, 0.1) is 25.3 Å². The topological polar surface area (TPSA) is 103 Å². The van der Waals surface area contributed by atoms with Gasteiger partial charge in [0.1, 0.15) is 0 Å². The third kappa shape index (κ3) is 8.44. The van der Waals surface area contributed by atoms with E-state index >= 15 is 0 Å². The van der Waals surface area contributed by atoms with Crippen LogP contribution in [0.5, 0.6) is 0 Å². The van der Waals surface area contributed by atoms with Crippen molar-refractivity contribution in [2.45, 2.75) is 59.8 Å². The summed E-state index contributed by atoms with van der Waals surface area (Å²) in [6.07, 6.45) is 3.70. The Balaban J connectivity index is 1.58. The number of carbonyl (C=O) groups excluding carboxylic acids is 1. The van der Waals surface area contributed by atoms with Gasteiger partial charge in [-0.25, -0.2) is 0 Å². The first-order valence-electron chi connectivity index (χ1n) is 16.4.